The summed E-state index contributed by atoms with van der Waals surface area (Å²) >= 11 is 22.2. The number of phenolic OH excluding ortho intramolecular Hbond substituents is 1. The van der Waals surface area contributed by atoms with E-state index in [-0.39, 0.29) is 153 Å². The summed E-state index contributed by atoms with van der Waals surface area (Å²) in [5.74, 6) is 2.45. The van der Waals surface area contributed by atoms with E-state index in [0.29, 0.717) is 85.3 Å². The summed E-state index contributed by atoms with van der Waals surface area (Å²) in [5.41, 5.74) is 4.64. The summed E-state index contributed by atoms with van der Waals surface area (Å²) in [4.78, 5) is 39.2. The van der Waals surface area contributed by atoms with Crippen molar-refractivity contribution in [3.8, 4) is 34.6 Å². The molecule has 0 fully saturated rings. The Kier molecular flexibility index (Phi) is 9.85. The van der Waals surface area contributed by atoms with Gasteiger partial charge in [-0.3, -0.25) is 19.7 Å². The number of methoxy groups -OCH3 is 3. The zero-order valence-electron chi connectivity index (χ0n) is 146. The topological polar surface area (TPSA) is 234 Å². The summed E-state index contributed by atoms with van der Waals surface area (Å²) in [6, 6.07) is 16.1. The maximum atomic E-state index is 9.57. The molecular weight excluding hydrogens is 1240 g/mol. The summed E-state index contributed by atoms with van der Waals surface area (Å²) in [7, 11) is 2.78. The van der Waals surface area contributed by atoms with Crippen molar-refractivity contribution in [2.75, 3.05) is 21.3 Å². The van der Waals surface area contributed by atoms with Crippen LogP contribution in [0.15, 0.2) is 85.5 Å². The van der Waals surface area contributed by atoms with Gasteiger partial charge in [-0.15, -0.1) is 0 Å². The fraction of sp³-hybridized carbons (Fsp3) is 0.119. The first-order valence-electron chi connectivity index (χ1n) is 72.4. The molecule has 0 aliphatic carbocycles. The molecule has 28 heteroatoms. The summed E-state index contributed by atoms with van der Waals surface area (Å²) in [6.07, 6.45) is 5.52. The molecule has 0 amide bonds. The number of pyridine rings is 4. The molecule has 0 saturated heterocycles. The predicted octanol–water partition coefficient (Wildman–Crippen LogP) is 14.9. The van der Waals surface area contributed by atoms with E-state index < -0.39 is 14.2 Å². The second-order valence-corrected chi connectivity index (χ2v) is 13.9. The number of carbonyl (C=O) groups excluding carboxylic acids is 1. The number of rotatable bonds is 6. The number of aromatic nitrogens is 4. The van der Waals surface area contributed by atoms with Gasteiger partial charge in [0.2, 0.25) is 28.6 Å². The Morgan fingerprint density at radius 3 is 1.50 bits per heavy atom. The molecule has 6 aromatic rings. The van der Waals surface area contributed by atoms with Crippen LogP contribution in [0.5, 0.6) is 34.6 Å². The normalized spacial score (nSPS) is 16.7. The SMILES string of the molecule is O=CO[O-].OB1OCc2cc(O)ccc21.[2HH].[2H][2H].[2H][2H].[2H][2H].[2H][2H].[2H][2H].[2H][2H].[2H][2H].[2H][2H].[2H][2H].[2H][2H].[2H][2H].[2H][2H].[2H][2H].[2H][2H].[2H][2H].[2H][2H].[2H][2H].[2H][2H].[2H][2H].[2H][2H].[2H][2H].[2H][2H].[2H][2H].[2H][2H].[2H][2H].[2H][2H].[2H][2H].[2H][2H].[2H][2H].[2H][2H].[2H][2H].[2H][2H].[2H][2H].[2H][2H].[2H][2H].[2H][2H].[2H][2H].[2H][2H].[2H][2H].[2H][2H].[2H][2H].[2H][2H].[2H][2H].[2H][2H].[2H][2H].[2H][2H].[2H][2H].[2H][2H].[2H][2H].[2H][2H].[2H][2H].[2H][2H].[2H][2H].[2H][2H].[C-]#[N+]c1cnc(Cl)cc1Cl.[C-]#[N+]c1cnc(Cl)cc1OC.[C-]#[N+]c1cnc(Cl)cc1OC.[C-]#[N+]c1cnc(Oc2ccc3c(c2)COB3O)cc1OC.[Cs+].[Cs+].[H-]. The molecular formula is C42H142B2Cl4Cs2N8O12. The van der Waals surface area contributed by atoms with Gasteiger partial charge in [-0.25, -0.2) is 24.4 Å². The molecule has 2 aromatic carbocycles. The molecule has 4 aromatic heterocycles. The van der Waals surface area contributed by atoms with Gasteiger partial charge < -0.3 is 55.0 Å². The quantitative estimate of drug-likeness (QED) is 0.0351. The van der Waals surface area contributed by atoms with Crippen LogP contribution < -0.4 is 173 Å². The average Bonchev–Trinajstić information content (AvgIpc) is 1.68. The minimum absolute atomic E-state index is 0. The first-order chi connectivity index (χ1) is 86.7. The van der Waals surface area contributed by atoms with Crippen molar-refractivity contribution >= 4 is 101 Å². The summed E-state index contributed by atoms with van der Waals surface area (Å²) < 4.78 is 571. The number of fused-ring (bicyclic) bond motifs is 2. The zero-order valence-corrected chi connectivity index (χ0v) is 52.9. The average molecular weight is 1490 g/mol. The van der Waals surface area contributed by atoms with Crippen molar-refractivity contribution in [2.45, 2.75) is 13.2 Å². The molecule has 0 atom stereocenters. The molecule has 0 radical (unpaired) electrons. The van der Waals surface area contributed by atoms with Gasteiger partial charge in [0.25, 0.3) is 6.47 Å². The largest absolute Gasteiger partial charge is 1.00 e. The van der Waals surface area contributed by atoms with E-state index in [1.807, 2.05) is 0 Å². The number of halogens is 4. The van der Waals surface area contributed by atoms with Gasteiger partial charge in [0.05, 0.1) is 65.9 Å². The van der Waals surface area contributed by atoms with Crippen LogP contribution in [0.4, 0.5) is 22.7 Å². The molecule has 8 rings (SSSR count). The van der Waals surface area contributed by atoms with Gasteiger partial charge in [0, 0.05) is 205 Å². The molecule has 458 valence electrons. The van der Waals surface area contributed by atoms with Gasteiger partial charge in [0.1, 0.15) is 44.2 Å². The molecule has 3 N–H and O–H groups in total. The van der Waals surface area contributed by atoms with E-state index in [9.17, 15) is 5.02 Å². The monoisotopic (exact) mass is 1490 g/mol. The number of carbonyl (C=O) groups is 1. The standard InChI is InChI=1S/C14H11BN2O4.C7H7BO3.2C7H5ClN2O.C6H2Cl2N2.CH2O3.2Cs.55H2.H/c1-16-12-7-17-14(6-13(12)19-2)21-10-3-4-11-9(5-10)8-20-15(11)18;9-6-1-2-7-5(3-6)4-11-8(7)10;2*1-9-5-4-10-7(8)3-6(5)11-2;1-9-5-3-10-6(8)2-4(5)7;2-1-4-3;;;;;;;;;;;;;;;;;;;;;;;;;;;;;;;;;;;;;;;;;;;;;;;;;;;;;;;;;;/h3-7,18H,8H2,2H3;1-3,9-10H,4H2;2*3-4H,2H3;2-3H;1,3H;;;55*1H;/q;;;;;;2*+1;;;;;;;;;;;;;;;;;;;;;;;;;;;;;;;;;;;;;;;;;;;;;;;;;;;;;;;;-1/p-1/i;;;;;;;;54*1+1D;1+1;. The van der Waals surface area contributed by atoms with E-state index in [1.54, 1.807) is 36.4 Å². The molecule has 2 aliphatic heterocycles. The second-order valence-electron chi connectivity index (χ2n) is 12.3. The van der Waals surface area contributed by atoms with Gasteiger partial charge in [-0.2, -0.15) is 0 Å². The van der Waals surface area contributed by atoms with Crippen LogP contribution in [0, 0.1) is 26.3 Å². The van der Waals surface area contributed by atoms with Crippen molar-refractivity contribution in [3.05, 3.63) is 163 Å². The fourth-order valence-electron chi connectivity index (χ4n) is 5.11. The van der Waals surface area contributed by atoms with Gasteiger partial charge >= 0.3 is 152 Å². The number of hydrogen-bond donors (Lipinski definition) is 3. The van der Waals surface area contributed by atoms with Crippen LogP contribution in [0.25, 0.3) is 19.4 Å². The number of ether oxygens (including phenoxy) is 4. The Hall–Kier alpha value is -3.34. The first-order valence-corrected chi connectivity index (χ1v) is 19.9. The van der Waals surface area contributed by atoms with Crippen LogP contribution in [0.1, 0.15) is 174 Å². The number of benzene rings is 2. The smallest absolute Gasteiger partial charge is 1.00 e. The zero-order chi connectivity index (χ0) is 158. The fourth-order valence-corrected chi connectivity index (χ4v) is 5.82. The van der Waals surface area contributed by atoms with Crippen molar-refractivity contribution in [3.63, 3.8) is 0 Å². The minimum atomic E-state index is -0.870. The number of hydrogen-bond acceptors (Lipinski definition) is 16. The van der Waals surface area contributed by atoms with E-state index in [4.69, 9.17) is 281 Å². The van der Waals surface area contributed by atoms with Crippen LogP contribution in [-0.2, 0) is 32.2 Å². The molecule has 6 heterocycles. The van der Waals surface area contributed by atoms with Crippen LogP contribution in [-0.4, -0.2) is 77.1 Å². The van der Waals surface area contributed by atoms with Crippen molar-refractivity contribution < 1.29 is 359 Å². The number of phenols is 1. The first kappa shape index (κ1) is 19.7. The van der Waals surface area contributed by atoms with Crippen LogP contribution in [0.3, 0.4) is 0 Å². The Labute approximate surface area is 709 Å². The Morgan fingerprint density at radius 1 is 0.671 bits per heavy atom. The van der Waals surface area contributed by atoms with E-state index in [1.165, 1.54) is 70.4 Å². The van der Waals surface area contributed by atoms with Crippen LogP contribution in [0.2, 0.25) is 20.5 Å². The molecule has 0 bridgehead atoms. The van der Waals surface area contributed by atoms with E-state index >= 15 is 0 Å². The number of aromatic hydroxyl groups is 1. The van der Waals surface area contributed by atoms with Crippen molar-refractivity contribution in [1.29, 1.82) is 0 Å². The van der Waals surface area contributed by atoms with Gasteiger partial charge in [0.15, 0.2) is 0 Å². The molecule has 20 nitrogen and oxygen atoms in total. The Balaban J connectivity index is -0.0000000166. The summed E-state index contributed by atoms with van der Waals surface area (Å²) in [5, 5.41) is 37.5. The maximum absolute atomic E-state index is 9.57. The van der Waals surface area contributed by atoms with Gasteiger partial charge in [-0.05, 0) is 52.4 Å². The van der Waals surface area contributed by atoms with E-state index in [0.717, 1.165) is 22.1 Å². The summed E-state index contributed by atoms with van der Waals surface area (Å²) in [6.45, 7) is 27.6. The third-order valence-corrected chi connectivity index (χ3v) is 9.14. The maximum Gasteiger partial charge on any atom is 1.00 e. The minimum Gasteiger partial charge on any atom is -1.00 e. The molecule has 0 spiro atoms. The molecule has 0 unspecified atom stereocenters. The molecule has 2 aliphatic rings. The van der Waals surface area contributed by atoms with Crippen molar-refractivity contribution in [2.24, 2.45) is 0 Å². The molecule has 70 heavy (non-hydrogen) atoms. The predicted molar refractivity (Wildman–Crippen MR) is 366 cm³/mol. The van der Waals surface area contributed by atoms with Crippen LogP contribution >= 0.6 is 46.4 Å². The van der Waals surface area contributed by atoms with Crippen molar-refractivity contribution in [1.82, 2.24) is 19.9 Å². The molecule has 0 saturated carbocycles. The number of nitrogens with zero attached hydrogens (tertiary/aromatic N) is 8. The van der Waals surface area contributed by atoms with E-state index in [2.05, 4.69) is 44.2 Å². The van der Waals surface area contributed by atoms with Gasteiger partial charge in [-0.1, -0.05) is 58.5 Å². The Morgan fingerprint density at radius 2 is 1.07 bits per heavy atom. The third-order valence-electron chi connectivity index (χ3n) is 8.22. The second kappa shape index (κ2) is 34.9. The third kappa shape index (κ3) is 21.0. The Bertz CT molecular complexity index is 2970.